The first kappa shape index (κ1) is 12.9. The topological polar surface area (TPSA) is 61.8 Å². The van der Waals surface area contributed by atoms with Gasteiger partial charge in [-0.05, 0) is 6.42 Å². The zero-order valence-electron chi connectivity index (χ0n) is 8.52. The minimum Gasteiger partial charge on any atom is -0.463 e. The molecule has 1 atom stereocenters. The van der Waals surface area contributed by atoms with Crippen molar-refractivity contribution in [3.63, 3.8) is 0 Å². The van der Waals surface area contributed by atoms with Crippen molar-refractivity contribution in [3.05, 3.63) is 0 Å². The molecule has 0 heterocycles. The highest BCUT2D eigenvalue weighted by Gasteiger charge is 2.20. The summed E-state index contributed by atoms with van der Waals surface area (Å²) in [6.07, 6.45) is 0.790. The second-order valence-corrected chi connectivity index (χ2v) is 2.70. The van der Waals surface area contributed by atoms with Crippen molar-refractivity contribution in [1.29, 1.82) is 0 Å². The molecule has 0 rings (SSSR count). The Balaban J connectivity index is 3.81. The lowest BCUT2D eigenvalue weighted by atomic mass is 10.3. The van der Waals surface area contributed by atoms with E-state index in [1.165, 1.54) is 7.11 Å². The standard InChI is InChI=1S/C9H16O5/c1-3-4-5-13-9(11)8(6-12-2)14-7-10/h7-8H,3-6H2,1-2H3. The van der Waals surface area contributed by atoms with Crippen molar-refractivity contribution in [3.8, 4) is 0 Å². The van der Waals surface area contributed by atoms with Gasteiger partial charge < -0.3 is 14.2 Å². The van der Waals surface area contributed by atoms with E-state index in [9.17, 15) is 9.59 Å². The molecular weight excluding hydrogens is 188 g/mol. The molecule has 0 radical (unpaired) electrons. The van der Waals surface area contributed by atoms with Gasteiger partial charge in [-0.1, -0.05) is 13.3 Å². The number of carbonyl (C=O) groups is 2. The van der Waals surface area contributed by atoms with Crippen LogP contribution in [-0.4, -0.2) is 38.9 Å². The van der Waals surface area contributed by atoms with E-state index in [2.05, 4.69) is 4.74 Å². The fourth-order valence-electron chi connectivity index (χ4n) is 0.791. The van der Waals surface area contributed by atoms with Crippen molar-refractivity contribution in [1.82, 2.24) is 0 Å². The molecule has 1 unspecified atom stereocenters. The Bertz CT molecular complexity index is 169. The fraction of sp³-hybridized carbons (Fsp3) is 0.778. The normalized spacial score (nSPS) is 11.9. The summed E-state index contributed by atoms with van der Waals surface area (Å²) in [6.45, 7) is 2.56. The Morgan fingerprint density at radius 1 is 1.50 bits per heavy atom. The molecule has 0 spiro atoms. The molecule has 0 aliphatic carbocycles. The SMILES string of the molecule is CCCCOC(=O)C(COC)OC=O. The molecule has 0 saturated carbocycles. The Morgan fingerprint density at radius 3 is 2.71 bits per heavy atom. The van der Waals surface area contributed by atoms with Gasteiger partial charge in [-0.3, -0.25) is 4.79 Å². The monoisotopic (exact) mass is 204 g/mol. The highest BCUT2D eigenvalue weighted by Crippen LogP contribution is 1.97. The van der Waals surface area contributed by atoms with Crippen molar-refractivity contribution < 1.29 is 23.8 Å². The summed E-state index contributed by atoms with van der Waals surface area (Å²) < 4.78 is 14.0. The molecule has 82 valence electrons. The molecule has 0 aliphatic heterocycles. The molecule has 0 bridgehead atoms. The molecule has 0 N–H and O–H groups in total. The van der Waals surface area contributed by atoms with Crippen LogP contribution in [0, 0.1) is 0 Å². The van der Waals surface area contributed by atoms with Gasteiger partial charge >= 0.3 is 5.97 Å². The first-order valence-electron chi connectivity index (χ1n) is 4.50. The number of hydrogen-bond donors (Lipinski definition) is 0. The Kier molecular flexibility index (Phi) is 7.83. The van der Waals surface area contributed by atoms with Crippen LogP contribution in [0.25, 0.3) is 0 Å². The van der Waals surface area contributed by atoms with Gasteiger partial charge in [-0.2, -0.15) is 0 Å². The average molecular weight is 204 g/mol. The van der Waals surface area contributed by atoms with Crippen LogP contribution < -0.4 is 0 Å². The third-order valence-electron chi connectivity index (χ3n) is 1.54. The molecule has 0 amide bonds. The Morgan fingerprint density at radius 2 is 2.21 bits per heavy atom. The number of carbonyl (C=O) groups excluding carboxylic acids is 2. The summed E-state index contributed by atoms with van der Waals surface area (Å²) in [6, 6.07) is 0. The first-order valence-corrected chi connectivity index (χ1v) is 4.50. The van der Waals surface area contributed by atoms with Crippen LogP contribution in [0.4, 0.5) is 0 Å². The molecule has 0 saturated heterocycles. The highest BCUT2D eigenvalue weighted by atomic mass is 16.6. The van der Waals surface area contributed by atoms with Gasteiger partial charge in [0.1, 0.15) is 0 Å². The molecular formula is C9H16O5. The maximum absolute atomic E-state index is 11.2. The minimum absolute atomic E-state index is 0.0176. The number of unbranched alkanes of at least 4 members (excludes halogenated alkanes) is 1. The molecule has 0 aromatic heterocycles. The lowest BCUT2D eigenvalue weighted by Gasteiger charge is -2.12. The second-order valence-electron chi connectivity index (χ2n) is 2.70. The Labute approximate surface area is 83.3 Å². The van der Waals surface area contributed by atoms with E-state index in [0.29, 0.717) is 6.61 Å². The molecule has 0 aromatic carbocycles. The quantitative estimate of drug-likeness (QED) is 0.327. The summed E-state index contributed by atoms with van der Waals surface area (Å²) >= 11 is 0. The van der Waals surface area contributed by atoms with Gasteiger partial charge in [-0.25, -0.2) is 4.79 Å². The van der Waals surface area contributed by atoms with E-state index in [1.54, 1.807) is 0 Å². The van der Waals surface area contributed by atoms with Gasteiger partial charge in [0.15, 0.2) is 0 Å². The third-order valence-corrected chi connectivity index (χ3v) is 1.54. The van der Waals surface area contributed by atoms with Crippen LogP contribution in [0.2, 0.25) is 0 Å². The number of rotatable bonds is 8. The van der Waals surface area contributed by atoms with Crippen LogP contribution in [0.1, 0.15) is 19.8 Å². The van der Waals surface area contributed by atoms with Crippen LogP contribution in [-0.2, 0) is 23.8 Å². The van der Waals surface area contributed by atoms with Crippen molar-refractivity contribution in [2.24, 2.45) is 0 Å². The minimum atomic E-state index is -0.950. The second kappa shape index (κ2) is 8.50. The average Bonchev–Trinajstić information content (AvgIpc) is 2.18. The van der Waals surface area contributed by atoms with E-state index in [1.807, 2.05) is 6.92 Å². The van der Waals surface area contributed by atoms with E-state index < -0.39 is 12.1 Å². The van der Waals surface area contributed by atoms with Crippen molar-refractivity contribution >= 4 is 12.4 Å². The zero-order chi connectivity index (χ0) is 10.8. The highest BCUT2D eigenvalue weighted by molar-refractivity contribution is 5.76. The van der Waals surface area contributed by atoms with E-state index >= 15 is 0 Å². The van der Waals surface area contributed by atoms with E-state index in [-0.39, 0.29) is 13.1 Å². The molecule has 0 aromatic rings. The van der Waals surface area contributed by atoms with Gasteiger partial charge in [0.2, 0.25) is 6.10 Å². The number of ether oxygens (including phenoxy) is 3. The molecule has 0 fully saturated rings. The lowest BCUT2D eigenvalue weighted by molar-refractivity contribution is -0.164. The molecule has 5 nitrogen and oxygen atoms in total. The molecule has 14 heavy (non-hydrogen) atoms. The number of hydrogen-bond acceptors (Lipinski definition) is 5. The van der Waals surface area contributed by atoms with E-state index in [4.69, 9.17) is 9.47 Å². The van der Waals surface area contributed by atoms with Gasteiger partial charge in [-0.15, -0.1) is 0 Å². The van der Waals surface area contributed by atoms with Crippen molar-refractivity contribution in [2.45, 2.75) is 25.9 Å². The molecule has 0 aliphatic rings. The maximum atomic E-state index is 11.2. The molecule has 5 heteroatoms. The summed E-state index contributed by atoms with van der Waals surface area (Å²) in [5, 5.41) is 0. The summed E-state index contributed by atoms with van der Waals surface area (Å²) in [5.41, 5.74) is 0. The summed E-state index contributed by atoms with van der Waals surface area (Å²) in [7, 11) is 1.42. The maximum Gasteiger partial charge on any atom is 0.349 e. The summed E-state index contributed by atoms with van der Waals surface area (Å²) in [5.74, 6) is -0.563. The Hall–Kier alpha value is -1.10. The van der Waals surface area contributed by atoms with E-state index in [0.717, 1.165) is 12.8 Å². The largest absolute Gasteiger partial charge is 0.463 e. The number of esters is 1. The predicted octanol–water partition coefficient (Wildman–Crippen LogP) is 0.518. The zero-order valence-corrected chi connectivity index (χ0v) is 8.52. The first-order chi connectivity index (χ1) is 6.76. The van der Waals surface area contributed by atoms with Gasteiger partial charge in [0, 0.05) is 7.11 Å². The van der Waals surface area contributed by atoms with Crippen LogP contribution in [0.15, 0.2) is 0 Å². The third kappa shape index (κ3) is 5.53. The number of methoxy groups -OCH3 is 1. The van der Waals surface area contributed by atoms with Gasteiger partial charge in [0.25, 0.3) is 6.47 Å². The van der Waals surface area contributed by atoms with Crippen molar-refractivity contribution in [2.75, 3.05) is 20.3 Å². The predicted molar refractivity (Wildman–Crippen MR) is 48.7 cm³/mol. The van der Waals surface area contributed by atoms with Crippen LogP contribution in [0.3, 0.4) is 0 Å². The fourth-order valence-corrected chi connectivity index (χ4v) is 0.791. The summed E-state index contributed by atoms with van der Waals surface area (Å²) in [4.78, 5) is 21.3. The van der Waals surface area contributed by atoms with Gasteiger partial charge in [0.05, 0.1) is 13.2 Å². The lowest BCUT2D eigenvalue weighted by Crippen LogP contribution is -2.30. The smallest absolute Gasteiger partial charge is 0.349 e. The van der Waals surface area contributed by atoms with Crippen LogP contribution in [0.5, 0.6) is 0 Å². The van der Waals surface area contributed by atoms with Crippen LogP contribution >= 0.6 is 0 Å².